The second-order valence-electron chi connectivity index (χ2n) is 5.36. The van der Waals surface area contributed by atoms with Crippen LogP contribution in [-0.2, 0) is 4.79 Å². The number of rotatable bonds is 9. The van der Waals surface area contributed by atoms with Gasteiger partial charge >= 0.3 is 29.6 Å². The topological polar surface area (TPSA) is 43.4 Å². The molecule has 3 nitrogen and oxygen atoms in total. The smallest absolute Gasteiger partial charge is 0.550 e. The van der Waals surface area contributed by atoms with E-state index in [1.54, 1.807) is 0 Å². The molecule has 4 heteroatoms. The summed E-state index contributed by atoms with van der Waals surface area (Å²) >= 11 is 0. The fourth-order valence-corrected chi connectivity index (χ4v) is 2.66. The average Bonchev–Trinajstić information content (AvgIpc) is 2.39. The van der Waals surface area contributed by atoms with Gasteiger partial charge in [-0.25, -0.2) is 0 Å². The van der Waals surface area contributed by atoms with Crippen LogP contribution in [0, 0.1) is 13.8 Å². The molecule has 0 spiro atoms. The molecule has 1 aromatic carbocycles. The summed E-state index contributed by atoms with van der Waals surface area (Å²) in [5, 5.41) is 10.3. The molecule has 0 heterocycles. The average molecular weight is 299 g/mol. The van der Waals surface area contributed by atoms with Crippen LogP contribution in [0.25, 0.3) is 0 Å². The van der Waals surface area contributed by atoms with Crippen LogP contribution in [0.3, 0.4) is 0 Å². The summed E-state index contributed by atoms with van der Waals surface area (Å²) in [6.45, 7) is 8.54. The van der Waals surface area contributed by atoms with Gasteiger partial charge < -0.3 is 14.8 Å². The zero-order chi connectivity index (χ0) is 15.0. The molecule has 0 aliphatic heterocycles. The minimum Gasteiger partial charge on any atom is -0.550 e. The molecular weight excluding hydrogens is 273 g/mol. The van der Waals surface area contributed by atoms with Gasteiger partial charge in [0.25, 0.3) is 0 Å². The summed E-state index contributed by atoms with van der Waals surface area (Å²) in [4.78, 5) is 12.7. The number of carboxylic acids is 1. The van der Waals surface area contributed by atoms with Gasteiger partial charge in [0.1, 0.15) is 0 Å². The molecule has 1 aromatic rings. The Kier molecular flexibility index (Phi) is 10.8. The number of anilines is 1. The minimum absolute atomic E-state index is 0. The van der Waals surface area contributed by atoms with Gasteiger partial charge in [0.15, 0.2) is 0 Å². The van der Waals surface area contributed by atoms with Gasteiger partial charge in [-0.1, -0.05) is 31.0 Å². The van der Waals surface area contributed by atoms with E-state index in [2.05, 4.69) is 43.9 Å². The number of hydrogen-bond donors (Lipinski definition) is 0. The van der Waals surface area contributed by atoms with Crippen LogP contribution in [0.1, 0.15) is 50.2 Å². The molecular formula is C17H26NNaO2. The molecule has 0 atom stereocenters. The molecule has 0 aromatic heterocycles. The van der Waals surface area contributed by atoms with Gasteiger partial charge in [-0.15, -0.1) is 0 Å². The second kappa shape index (κ2) is 11.1. The fourth-order valence-electron chi connectivity index (χ4n) is 2.66. The van der Waals surface area contributed by atoms with E-state index in [-0.39, 0.29) is 36.0 Å². The van der Waals surface area contributed by atoms with Crippen LogP contribution in [0.15, 0.2) is 18.2 Å². The summed E-state index contributed by atoms with van der Waals surface area (Å²) in [5.74, 6) is -0.935. The Morgan fingerprint density at radius 3 is 2.19 bits per heavy atom. The monoisotopic (exact) mass is 299 g/mol. The molecule has 21 heavy (non-hydrogen) atoms. The number of aliphatic carboxylic acids is 1. The fraction of sp³-hybridized carbons (Fsp3) is 0.588. The van der Waals surface area contributed by atoms with Crippen molar-refractivity contribution in [2.24, 2.45) is 0 Å². The van der Waals surface area contributed by atoms with Gasteiger partial charge in [0, 0.05) is 24.7 Å². The first-order chi connectivity index (χ1) is 9.56. The van der Waals surface area contributed by atoms with Crippen molar-refractivity contribution in [1.29, 1.82) is 0 Å². The molecule has 0 unspecified atom stereocenters. The van der Waals surface area contributed by atoms with Crippen molar-refractivity contribution in [3.63, 3.8) is 0 Å². The molecule has 0 saturated carbocycles. The van der Waals surface area contributed by atoms with Crippen LogP contribution in [0.5, 0.6) is 0 Å². The molecule has 0 fully saturated rings. The Balaban J connectivity index is 0.00000400. The summed E-state index contributed by atoms with van der Waals surface area (Å²) in [5.41, 5.74) is 4.00. The van der Waals surface area contributed by atoms with Crippen molar-refractivity contribution < 1.29 is 39.5 Å². The van der Waals surface area contributed by atoms with Crippen molar-refractivity contribution in [3.05, 3.63) is 29.3 Å². The largest absolute Gasteiger partial charge is 1.00 e. The van der Waals surface area contributed by atoms with Crippen molar-refractivity contribution in [2.75, 3.05) is 18.0 Å². The molecule has 0 bridgehead atoms. The Bertz CT molecular complexity index is 415. The van der Waals surface area contributed by atoms with Crippen LogP contribution in [-0.4, -0.2) is 19.1 Å². The van der Waals surface area contributed by atoms with Crippen LogP contribution in [0.4, 0.5) is 5.69 Å². The quantitative estimate of drug-likeness (QED) is 0.470. The van der Waals surface area contributed by atoms with Gasteiger partial charge in [0.2, 0.25) is 0 Å². The zero-order valence-corrected chi connectivity index (χ0v) is 15.9. The number of benzene rings is 1. The molecule has 0 amide bonds. The van der Waals surface area contributed by atoms with E-state index in [4.69, 9.17) is 0 Å². The molecule has 0 aliphatic rings. The summed E-state index contributed by atoms with van der Waals surface area (Å²) < 4.78 is 0. The van der Waals surface area contributed by atoms with Gasteiger partial charge in [-0.2, -0.15) is 0 Å². The van der Waals surface area contributed by atoms with Gasteiger partial charge in [-0.05, 0) is 51.2 Å². The van der Waals surface area contributed by atoms with Crippen molar-refractivity contribution in [2.45, 2.75) is 52.9 Å². The summed E-state index contributed by atoms with van der Waals surface area (Å²) in [6, 6.07) is 6.41. The Hall–Kier alpha value is -0.510. The maximum Gasteiger partial charge on any atom is 1.00 e. The minimum atomic E-state index is -0.935. The number of aryl methyl sites for hydroxylation is 2. The van der Waals surface area contributed by atoms with Crippen LogP contribution >= 0.6 is 0 Å². The Morgan fingerprint density at radius 1 is 1.10 bits per heavy atom. The predicted octanol–water partition coefficient (Wildman–Crippen LogP) is -0.166. The van der Waals surface area contributed by atoms with E-state index < -0.39 is 5.97 Å². The number of hydrogen-bond acceptors (Lipinski definition) is 3. The number of carbonyl (C=O) groups is 1. The van der Waals surface area contributed by atoms with Crippen molar-refractivity contribution in [3.8, 4) is 0 Å². The first-order valence-electron chi connectivity index (χ1n) is 7.57. The Morgan fingerprint density at radius 2 is 1.67 bits per heavy atom. The number of carbonyl (C=O) groups excluding carboxylic acids is 1. The maximum absolute atomic E-state index is 10.3. The third kappa shape index (κ3) is 7.35. The number of para-hydroxylation sites is 1. The molecule has 1 rings (SSSR count). The zero-order valence-electron chi connectivity index (χ0n) is 13.9. The third-order valence-electron chi connectivity index (χ3n) is 3.70. The summed E-state index contributed by atoms with van der Waals surface area (Å²) in [7, 11) is 0. The third-order valence-corrected chi connectivity index (χ3v) is 3.70. The molecule has 0 aliphatic carbocycles. The standard InChI is InChI=1S/C17H27NO2.Na/c1-4-18(13-8-6-5-7-12-16(19)20)17-14(2)10-9-11-15(17)3;/h9-11H,4-8,12-13H2,1-3H3,(H,19,20);/q;+1/p-1. The number of unbranched alkanes of at least 4 members (excludes halogenated alkanes) is 3. The van der Waals surface area contributed by atoms with Crippen molar-refractivity contribution in [1.82, 2.24) is 0 Å². The van der Waals surface area contributed by atoms with E-state index in [9.17, 15) is 9.90 Å². The van der Waals surface area contributed by atoms with E-state index in [0.717, 1.165) is 38.8 Å². The van der Waals surface area contributed by atoms with Gasteiger partial charge in [0.05, 0.1) is 0 Å². The molecule has 112 valence electrons. The first kappa shape index (κ1) is 20.5. The number of nitrogens with zero attached hydrogens (tertiary/aromatic N) is 1. The van der Waals surface area contributed by atoms with E-state index in [0.29, 0.717) is 0 Å². The molecule has 0 saturated heterocycles. The normalized spacial score (nSPS) is 10.0. The van der Waals surface area contributed by atoms with Gasteiger partial charge in [-0.3, -0.25) is 0 Å². The van der Waals surface area contributed by atoms with Crippen molar-refractivity contribution >= 4 is 11.7 Å². The SMILES string of the molecule is CCN(CCCCCCC(=O)[O-])c1c(C)cccc1C.[Na+]. The second-order valence-corrected chi connectivity index (χ2v) is 5.36. The Labute approximate surface area is 151 Å². The molecule has 0 radical (unpaired) electrons. The maximum atomic E-state index is 10.3. The molecule has 0 N–H and O–H groups in total. The predicted molar refractivity (Wildman–Crippen MR) is 81.9 cm³/mol. The van der Waals surface area contributed by atoms with E-state index in [1.165, 1.54) is 16.8 Å². The van der Waals surface area contributed by atoms with Crippen LogP contribution < -0.4 is 39.6 Å². The summed E-state index contributed by atoms with van der Waals surface area (Å²) in [6.07, 6.45) is 4.08. The van der Waals surface area contributed by atoms with E-state index in [1.807, 2.05) is 0 Å². The van der Waals surface area contributed by atoms with E-state index >= 15 is 0 Å². The number of carboxylic acid groups (broad SMARTS) is 1. The van der Waals surface area contributed by atoms with Crippen LogP contribution in [0.2, 0.25) is 0 Å². The first-order valence-corrected chi connectivity index (χ1v) is 7.57.